The fourth-order valence-corrected chi connectivity index (χ4v) is 3.64. The van der Waals surface area contributed by atoms with Gasteiger partial charge in [0.2, 0.25) is 0 Å². The average Bonchev–Trinajstić information content (AvgIpc) is 3.25. The highest BCUT2D eigenvalue weighted by Crippen LogP contribution is 2.26. The van der Waals surface area contributed by atoms with E-state index in [1.54, 1.807) is 11.4 Å². The summed E-state index contributed by atoms with van der Waals surface area (Å²) in [5, 5.41) is 5.35. The van der Waals surface area contributed by atoms with Crippen LogP contribution in [0.4, 0.5) is 10.1 Å². The molecule has 1 heterocycles. The van der Waals surface area contributed by atoms with Crippen LogP contribution in [0.5, 0.6) is 5.75 Å². The van der Waals surface area contributed by atoms with E-state index in [1.165, 1.54) is 23.5 Å². The van der Waals surface area contributed by atoms with Crippen molar-refractivity contribution in [1.82, 2.24) is 4.98 Å². The molecular formula is C24H19FN2O2S. The van der Waals surface area contributed by atoms with E-state index in [4.69, 9.17) is 4.74 Å². The highest BCUT2D eigenvalue weighted by molar-refractivity contribution is 7.13. The Kier molecular flexibility index (Phi) is 5.86. The highest BCUT2D eigenvalue weighted by atomic mass is 32.1. The molecular weight excluding hydrogens is 399 g/mol. The Morgan fingerprint density at radius 1 is 1.07 bits per heavy atom. The summed E-state index contributed by atoms with van der Waals surface area (Å²) in [5.74, 6) is 0.158. The lowest BCUT2D eigenvalue weighted by molar-refractivity contribution is 0.102. The Balaban J connectivity index is 1.39. The molecule has 1 amide bonds. The fourth-order valence-electron chi connectivity index (χ4n) is 2.83. The van der Waals surface area contributed by atoms with Gasteiger partial charge in [0.05, 0.1) is 0 Å². The van der Waals surface area contributed by atoms with Crippen molar-refractivity contribution in [1.29, 1.82) is 0 Å². The van der Waals surface area contributed by atoms with Crippen molar-refractivity contribution in [2.45, 2.75) is 13.5 Å². The van der Waals surface area contributed by atoms with Crippen LogP contribution < -0.4 is 10.1 Å². The minimum Gasteiger partial charge on any atom is -0.489 e. The lowest BCUT2D eigenvalue weighted by Gasteiger charge is -2.07. The van der Waals surface area contributed by atoms with Crippen LogP contribution in [0, 0.1) is 12.7 Å². The molecule has 4 rings (SSSR count). The molecule has 0 bridgehead atoms. The minimum absolute atomic E-state index is 0.239. The molecule has 0 saturated carbocycles. The Hall–Kier alpha value is -3.51. The number of hydrogen-bond donors (Lipinski definition) is 1. The first-order chi connectivity index (χ1) is 14.6. The SMILES string of the molecule is Cc1ccc(NC(=O)c2csc(-c3ccc(OCc4cccc(F)c4)cc3)n2)cc1. The Morgan fingerprint density at radius 3 is 2.57 bits per heavy atom. The van der Waals surface area contributed by atoms with Crippen molar-refractivity contribution in [3.8, 4) is 16.3 Å². The lowest BCUT2D eigenvalue weighted by atomic mass is 10.2. The van der Waals surface area contributed by atoms with E-state index in [2.05, 4.69) is 10.3 Å². The molecule has 0 fully saturated rings. The first kappa shape index (κ1) is 19.8. The first-order valence-electron chi connectivity index (χ1n) is 9.38. The van der Waals surface area contributed by atoms with Gasteiger partial charge in [-0.25, -0.2) is 9.37 Å². The Morgan fingerprint density at radius 2 is 1.83 bits per heavy atom. The van der Waals surface area contributed by atoms with Gasteiger partial charge < -0.3 is 10.1 Å². The Labute approximate surface area is 178 Å². The predicted octanol–water partition coefficient (Wildman–Crippen LogP) is 6.09. The van der Waals surface area contributed by atoms with Crippen molar-refractivity contribution in [2.75, 3.05) is 5.32 Å². The van der Waals surface area contributed by atoms with Crippen LogP contribution in [0.1, 0.15) is 21.6 Å². The summed E-state index contributed by atoms with van der Waals surface area (Å²) in [6, 6.07) is 21.4. The number of nitrogens with zero attached hydrogens (tertiary/aromatic N) is 1. The number of thiazole rings is 1. The molecule has 3 aromatic carbocycles. The molecule has 0 radical (unpaired) electrons. The molecule has 1 aromatic heterocycles. The summed E-state index contributed by atoms with van der Waals surface area (Å²) in [7, 11) is 0. The molecule has 0 spiro atoms. The molecule has 0 aliphatic rings. The summed E-state index contributed by atoms with van der Waals surface area (Å²) in [6.07, 6.45) is 0. The number of carbonyl (C=O) groups is 1. The third kappa shape index (κ3) is 4.90. The lowest BCUT2D eigenvalue weighted by Crippen LogP contribution is -2.12. The van der Waals surface area contributed by atoms with Crippen molar-refractivity contribution < 1.29 is 13.9 Å². The average molecular weight is 418 g/mol. The smallest absolute Gasteiger partial charge is 0.275 e. The van der Waals surface area contributed by atoms with Gasteiger partial charge in [-0.1, -0.05) is 29.8 Å². The normalized spacial score (nSPS) is 10.6. The molecule has 150 valence electrons. The van der Waals surface area contributed by atoms with Gasteiger partial charge in [0, 0.05) is 16.6 Å². The summed E-state index contributed by atoms with van der Waals surface area (Å²) in [6.45, 7) is 2.29. The van der Waals surface area contributed by atoms with E-state index in [0.29, 0.717) is 11.4 Å². The third-order valence-electron chi connectivity index (χ3n) is 4.44. The van der Waals surface area contributed by atoms with Gasteiger partial charge in [-0.2, -0.15) is 0 Å². The predicted molar refractivity (Wildman–Crippen MR) is 117 cm³/mol. The minimum atomic E-state index is -0.280. The van der Waals surface area contributed by atoms with E-state index >= 15 is 0 Å². The zero-order chi connectivity index (χ0) is 20.9. The quantitative estimate of drug-likeness (QED) is 0.412. The maximum absolute atomic E-state index is 13.2. The van der Waals surface area contributed by atoms with Gasteiger partial charge >= 0.3 is 0 Å². The Bertz CT molecular complexity index is 1150. The molecule has 4 aromatic rings. The highest BCUT2D eigenvalue weighted by Gasteiger charge is 2.12. The van der Waals surface area contributed by atoms with Gasteiger partial charge in [0.15, 0.2) is 0 Å². The molecule has 0 atom stereocenters. The van der Waals surface area contributed by atoms with Gasteiger partial charge in [-0.05, 0) is 61.0 Å². The zero-order valence-corrected chi connectivity index (χ0v) is 17.1. The summed E-state index contributed by atoms with van der Waals surface area (Å²) < 4.78 is 18.9. The number of nitrogens with one attached hydrogen (secondary N) is 1. The zero-order valence-electron chi connectivity index (χ0n) is 16.3. The topological polar surface area (TPSA) is 51.2 Å². The van der Waals surface area contributed by atoms with Crippen LogP contribution in [-0.4, -0.2) is 10.9 Å². The van der Waals surface area contributed by atoms with Crippen molar-refractivity contribution in [3.05, 3.63) is 101 Å². The number of aromatic nitrogens is 1. The van der Waals surface area contributed by atoms with Crippen LogP contribution in [-0.2, 0) is 6.61 Å². The largest absolute Gasteiger partial charge is 0.489 e. The van der Waals surface area contributed by atoms with Gasteiger partial charge in [0.25, 0.3) is 5.91 Å². The summed E-state index contributed by atoms with van der Waals surface area (Å²) >= 11 is 1.41. The second kappa shape index (κ2) is 8.88. The number of hydrogen-bond acceptors (Lipinski definition) is 4. The van der Waals surface area contributed by atoms with E-state index in [-0.39, 0.29) is 18.3 Å². The van der Waals surface area contributed by atoms with Crippen LogP contribution in [0.3, 0.4) is 0 Å². The van der Waals surface area contributed by atoms with Crippen LogP contribution in [0.25, 0.3) is 10.6 Å². The summed E-state index contributed by atoms with van der Waals surface area (Å²) in [5.41, 5.74) is 3.91. The third-order valence-corrected chi connectivity index (χ3v) is 5.33. The molecule has 0 unspecified atom stereocenters. The van der Waals surface area contributed by atoms with E-state index < -0.39 is 0 Å². The molecule has 1 N–H and O–H groups in total. The standard InChI is InChI=1S/C24H19FN2O2S/c1-16-5-9-20(10-6-16)26-23(28)22-15-30-24(27-22)18-7-11-21(12-8-18)29-14-17-3-2-4-19(25)13-17/h2-13,15H,14H2,1H3,(H,26,28). The van der Waals surface area contributed by atoms with Crippen molar-refractivity contribution in [2.24, 2.45) is 0 Å². The first-order valence-corrected chi connectivity index (χ1v) is 10.3. The number of anilines is 1. The maximum Gasteiger partial charge on any atom is 0.275 e. The van der Waals surface area contributed by atoms with Crippen LogP contribution in [0.15, 0.2) is 78.2 Å². The van der Waals surface area contributed by atoms with Gasteiger partial charge in [0.1, 0.15) is 28.9 Å². The molecule has 0 aliphatic heterocycles. The second-order valence-corrected chi connectivity index (χ2v) is 7.66. The van der Waals surface area contributed by atoms with E-state index in [1.807, 2.05) is 61.5 Å². The van der Waals surface area contributed by atoms with Crippen molar-refractivity contribution >= 4 is 22.9 Å². The van der Waals surface area contributed by atoms with Crippen LogP contribution in [0.2, 0.25) is 0 Å². The number of benzene rings is 3. The number of amides is 1. The summed E-state index contributed by atoms with van der Waals surface area (Å²) in [4.78, 5) is 16.9. The number of rotatable bonds is 6. The van der Waals surface area contributed by atoms with Gasteiger partial charge in [-0.3, -0.25) is 4.79 Å². The van der Waals surface area contributed by atoms with Gasteiger partial charge in [-0.15, -0.1) is 11.3 Å². The van der Waals surface area contributed by atoms with E-state index in [0.717, 1.165) is 27.4 Å². The molecule has 30 heavy (non-hydrogen) atoms. The maximum atomic E-state index is 13.2. The second-order valence-electron chi connectivity index (χ2n) is 6.80. The molecule has 4 nitrogen and oxygen atoms in total. The fraction of sp³-hybridized carbons (Fsp3) is 0.0833. The number of halogens is 1. The molecule has 6 heteroatoms. The molecule has 0 aliphatic carbocycles. The van der Waals surface area contributed by atoms with Crippen molar-refractivity contribution in [3.63, 3.8) is 0 Å². The molecule has 0 saturated heterocycles. The monoisotopic (exact) mass is 418 g/mol. The van der Waals surface area contributed by atoms with E-state index in [9.17, 15) is 9.18 Å². The number of aryl methyl sites for hydroxylation is 1. The number of carbonyl (C=O) groups excluding carboxylic acids is 1. The number of ether oxygens (including phenoxy) is 1. The van der Waals surface area contributed by atoms with Crippen LogP contribution >= 0.6 is 11.3 Å².